The van der Waals surface area contributed by atoms with Crippen LogP contribution in [0, 0.1) is 35.0 Å². The van der Waals surface area contributed by atoms with Crippen LogP contribution in [0.15, 0.2) is 60.2 Å². The third-order valence-electron chi connectivity index (χ3n) is 8.69. The largest absolute Gasteiger partial charge is 0.492 e. The highest BCUT2D eigenvalue weighted by molar-refractivity contribution is 6.27. The SMILES string of the molecule is CCOc1ccccc1N1C(=O)C2C3C(C)=CC(C)(C2C1=O)C1C(=O)N(c2ccccc2OCC)C(=O)C31. The van der Waals surface area contributed by atoms with Crippen LogP contribution >= 0.6 is 0 Å². The van der Waals surface area contributed by atoms with Gasteiger partial charge < -0.3 is 9.47 Å². The van der Waals surface area contributed by atoms with Crippen molar-refractivity contribution in [2.45, 2.75) is 27.7 Å². The van der Waals surface area contributed by atoms with Crippen LogP contribution in [0.2, 0.25) is 0 Å². The topological polar surface area (TPSA) is 93.2 Å². The van der Waals surface area contributed by atoms with Gasteiger partial charge >= 0.3 is 0 Å². The molecule has 2 saturated heterocycles. The highest BCUT2D eigenvalue weighted by Crippen LogP contribution is 2.66. The number of carbonyl (C=O) groups excluding carboxylic acids is 4. The van der Waals surface area contributed by atoms with Gasteiger partial charge in [-0.3, -0.25) is 19.2 Å². The summed E-state index contributed by atoms with van der Waals surface area (Å²) in [5.41, 5.74) is 0.666. The second-order valence-electron chi connectivity index (χ2n) is 10.6. The first kappa shape index (κ1) is 24.4. The van der Waals surface area contributed by atoms with Crippen molar-refractivity contribution >= 4 is 35.0 Å². The van der Waals surface area contributed by atoms with Gasteiger partial charge in [-0.05, 0) is 45.0 Å². The maximum atomic E-state index is 14.1. The molecule has 7 rings (SSSR count). The Labute approximate surface area is 221 Å². The average molecular weight is 515 g/mol. The molecule has 4 amide bonds. The Morgan fingerprint density at radius 3 is 1.53 bits per heavy atom. The molecule has 2 aliphatic heterocycles. The number of amides is 4. The Bertz CT molecular complexity index is 1320. The highest BCUT2D eigenvalue weighted by atomic mass is 16.5. The second-order valence-corrected chi connectivity index (χ2v) is 10.6. The number of rotatable bonds is 6. The fourth-order valence-corrected chi connectivity index (χ4v) is 7.48. The van der Waals surface area contributed by atoms with E-state index < -0.39 is 35.0 Å². The summed E-state index contributed by atoms with van der Waals surface area (Å²) in [6, 6.07) is 14.0. The zero-order valence-electron chi connectivity index (χ0n) is 21.8. The molecule has 2 bridgehead atoms. The minimum absolute atomic E-state index is 0.345. The lowest BCUT2D eigenvalue weighted by Gasteiger charge is -2.53. The number of carbonyl (C=O) groups is 4. The summed E-state index contributed by atoms with van der Waals surface area (Å²) in [4.78, 5) is 58.7. The van der Waals surface area contributed by atoms with E-state index in [2.05, 4.69) is 0 Å². The first-order valence-corrected chi connectivity index (χ1v) is 13.1. The standard InChI is InChI=1S/C30H30N2O6/c1-5-37-19-13-9-7-11-17(19)31-26(33)22-21-16(3)15-30(4,24(22)28(31)35)25-23(21)27(34)32(29(25)36)18-12-8-10-14-20(18)38-6-2/h7-15,21-25H,5-6H2,1-4H3. The summed E-state index contributed by atoms with van der Waals surface area (Å²) in [6.07, 6.45) is 1.96. The molecular formula is C30H30N2O6. The molecule has 8 nitrogen and oxygen atoms in total. The van der Waals surface area contributed by atoms with Gasteiger partial charge in [0.1, 0.15) is 11.5 Å². The van der Waals surface area contributed by atoms with Gasteiger partial charge in [0, 0.05) is 11.3 Å². The Morgan fingerprint density at radius 2 is 1.11 bits per heavy atom. The molecule has 2 aromatic carbocycles. The average Bonchev–Trinajstić information content (AvgIpc) is 3.31. The van der Waals surface area contributed by atoms with Crippen LogP contribution in [0.3, 0.4) is 0 Å². The lowest BCUT2D eigenvalue weighted by molar-refractivity contribution is -0.146. The number of allylic oxidation sites excluding steroid dienone is 2. The van der Waals surface area contributed by atoms with Gasteiger partial charge in [-0.2, -0.15) is 0 Å². The van der Waals surface area contributed by atoms with Gasteiger partial charge in [-0.15, -0.1) is 0 Å². The summed E-state index contributed by atoms with van der Waals surface area (Å²) in [7, 11) is 0. The molecule has 196 valence electrons. The molecule has 4 unspecified atom stereocenters. The molecule has 3 fully saturated rings. The third-order valence-corrected chi connectivity index (χ3v) is 8.69. The fraction of sp³-hybridized carbons (Fsp3) is 0.400. The van der Waals surface area contributed by atoms with E-state index in [1.54, 1.807) is 48.5 Å². The Morgan fingerprint density at radius 1 is 0.684 bits per heavy atom. The Kier molecular flexibility index (Phi) is 5.49. The molecular weight excluding hydrogens is 484 g/mol. The Hall–Kier alpha value is -3.94. The monoisotopic (exact) mass is 514 g/mol. The van der Waals surface area contributed by atoms with Crippen molar-refractivity contribution < 1.29 is 28.7 Å². The van der Waals surface area contributed by atoms with Crippen molar-refractivity contribution in [2.75, 3.05) is 23.0 Å². The van der Waals surface area contributed by atoms with Gasteiger partial charge in [0.25, 0.3) is 0 Å². The van der Waals surface area contributed by atoms with Crippen LogP contribution in [0.25, 0.3) is 0 Å². The molecule has 3 aliphatic carbocycles. The van der Waals surface area contributed by atoms with Crippen molar-refractivity contribution in [3.63, 3.8) is 0 Å². The maximum Gasteiger partial charge on any atom is 0.238 e. The van der Waals surface area contributed by atoms with Crippen molar-refractivity contribution in [3.8, 4) is 11.5 Å². The summed E-state index contributed by atoms with van der Waals surface area (Å²) >= 11 is 0. The lowest BCUT2D eigenvalue weighted by Crippen LogP contribution is -2.57. The number of anilines is 2. The van der Waals surface area contributed by atoms with E-state index in [4.69, 9.17) is 9.47 Å². The second kappa shape index (κ2) is 8.55. The summed E-state index contributed by atoms with van der Waals surface area (Å²) < 4.78 is 11.5. The normalized spacial score (nSPS) is 31.5. The summed E-state index contributed by atoms with van der Waals surface area (Å²) in [6.45, 7) is 8.20. The fourth-order valence-electron chi connectivity index (χ4n) is 7.48. The van der Waals surface area contributed by atoms with Crippen LogP contribution in [-0.2, 0) is 19.2 Å². The summed E-state index contributed by atoms with van der Waals surface area (Å²) in [5, 5.41) is 0. The first-order chi connectivity index (χ1) is 18.3. The van der Waals surface area contributed by atoms with Gasteiger partial charge in [0.05, 0.1) is 48.3 Å². The molecule has 38 heavy (non-hydrogen) atoms. The van der Waals surface area contributed by atoms with Crippen molar-refractivity contribution in [1.82, 2.24) is 0 Å². The molecule has 0 spiro atoms. The van der Waals surface area contributed by atoms with Gasteiger partial charge in [-0.25, -0.2) is 9.80 Å². The molecule has 8 heteroatoms. The lowest BCUT2D eigenvalue weighted by atomic mass is 9.46. The van der Waals surface area contributed by atoms with Crippen LogP contribution in [0.4, 0.5) is 11.4 Å². The quantitative estimate of drug-likeness (QED) is 0.428. The minimum Gasteiger partial charge on any atom is -0.492 e. The predicted molar refractivity (Wildman–Crippen MR) is 140 cm³/mol. The number of benzene rings is 2. The van der Waals surface area contributed by atoms with E-state index in [1.807, 2.05) is 33.8 Å². The molecule has 1 saturated carbocycles. The molecule has 0 radical (unpaired) electrons. The van der Waals surface area contributed by atoms with E-state index >= 15 is 0 Å². The van der Waals surface area contributed by atoms with Gasteiger partial charge in [0.2, 0.25) is 23.6 Å². The van der Waals surface area contributed by atoms with E-state index in [-0.39, 0.29) is 23.6 Å². The van der Waals surface area contributed by atoms with Crippen LogP contribution < -0.4 is 19.3 Å². The first-order valence-electron chi connectivity index (χ1n) is 13.1. The number of nitrogens with zero attached hydrogens (tertiary/aromatic N) is 2. The van der Waals surface area contributed by atoms with Crippen LogP contribution in [0.5, 0.6) is 11.5 Å². The van der Waals surface area contributed by atoms with Crippen molar-refractivity contribution in [1.29, 1.82) is 0 Å². The minimum atomic E-state index is -1.00. The van der Waals surface area contributed by atoms with Crippen LogP contribution in [-0.4, -0.2) is 36.8 Å². The van der Waals surface area contributed by atoms with E-state index in [1.165, 1.54) is 9.80 Å². The third kappa shape index (κ3) is 3.03. The number of imide groups is 2. The number of hydrogen-bond donors (Lipinski definition) is 0. The van der Waals surface area contributed by atoms with Crippen LogP contribution in [0.1, 0.15) is 27.7 Å². The highest BCUT2D eigenvalue weighted by Gasteiger charge is 2.74. The van der Waals surface area contributed by atoms with Gasteiger partial charge in [-0.1, -0.05) is 42.8 Å². The molecule has 5 aliphatic rings. The van der Waals surface area contributed by atoms with Crippen molar-refractivity contribution in [2.24, 2.45) is 35.0 Å². The number of ether oxygens (including phenoxy) is 2. The smallest absolute Gasteiger partial charge is 0.238 e. The Balaban J connectivity index is 1.46. The molecule has 0 aromatic heterocycles. The zero-order valence-corrected chi connectivity index (χ0v) is 21.8. The number of hydrogen-bond acceptors (Lipinski definition) is 6. The van der Waals surface area contributed by atoms with Crippen molar-refractivity contribution in [3.05, 3.63) is 60.2 Å². The number of para-hydroxylation sites is 4. The molecule has 2 aromatic rings. The molecule has 0 N–H and O–H groups in total. The van der Waals surface area contributed by atoms with E-state index in [0.29, 0.717) is 36.1 Å². The van der Waals surface area contributed by atoms with E-state index in [9.17, 15) is 19.2 Å². The van der Waals surface area contributed by atoms with Gasteiger partial charge in [0.15, 0.2) is 0 Å². The molecule has 4 atom stereocenters. The maximum absolute atomic E-state index is 14.1. The molecule has 2 heterocycles. The zero-order chi connectivity index (χ0) is 26.9. The predicted octanol–water partition coefficient (Wildman–Crippen LogP) is 3.99. The summed E-state index contributed by atoms with van der Waals surface area (Å²) in [5.74, 6) is -4.01. The van der Waals surface area contributed by atoms with E-state index in [0.717, 1.165) is 5.57 Å².